The first-order chi connectivity index (χ1) is 10.3. The van der Waals surface area contributed by atoms with Crippen LogP contribution in [0.2, 0.25) is 0 Å². The lowest BCUT2D eigenvalue weighted by molar-refractivity contribution is 0.318. The van der Waals surface area contributed by atoms with Crippen LogP contribution in [0.3, 0.4) is 0 Å². The van der Waals surface area contributed by atoms with Gasteiger partial charge in [-0.3, -0.25) is 0 Å². The van der Waals surface area contributed by atoms with Crippen molar-refractivity contribution in [2.24, 2.45) is 10.9 Å². The third kappa shape index (κ3) is 2.74. The van der Waals surface area contributed by atoms with Crippen molar-refractivity contribution >= 4 is 11.7 Å². The minimum Gasteiger partial charge on any atom is -0.491 e. The van der Waals surface area contributed by atoms with Crippen LogP contribution in [0.5, 0.6) is 5.75 Å². The highest BCUT2D eigenvalue weighted by Gasteiger charge is 2.16. The molecule has 0 amide bonds. The molecule has 0 saturated carbocycles. The fourth-order valence-electron chi connectivity index (χ4n) is 2.30. The first-order valence-electron chi connectivity index (χ1n) is 6.67. The van der Waals surface area contributed by atoms with Crippen LogP contribution in [0.1, 0.15) is 11.1 Å². The van der Waals surface area contributed by atoms with Crippen LogP contribution in [-0.2, 0) is 6.54 Å². The summed E-state index contributed by atoms with van der Waals surface area (Å²) in [5.41, 5.74) is 7.26. The smallest absolute Gasteiger partial charge is 0.171 e. The molecule has 108 valence electrons. The normalized spacial score (nSPS) is 15.0. The van der Waals surface area contributed by atoms with Crippen molar-refractivity contribution in [3.63, 3.8) is 0 Å². The van der Waals surface area contributed by atoms with Gasteiger partial charge in [0.05, 0.1) is 6.54 Å². The van der Waals surface area contributed by atoms with E-state index in [0.717, 1.165) is 30.2 Å². The predicted molar refractivity (Wildman–Crippen MR) is 79.7 cm³/mol. The van der Waals surface area contributed by atoms with E-state index in [9.17, 15) is 0 Å². The minimum atomic E-state index is 0.0543. The van der Waals surface area contributed by atoms with Crippen molar-refractivity contribution in [3.8, 4) is 5.75 Å². The molecule has 0 radical (unpaired) electrons. The Balaban J connectivity index is 1.84. The molecule has 0 unspecified atom stereocenters. The molecule has 1 aromatic heterocycles. The number of benzene rings is 1. The summed E-state index contributed by atoms with van der Waals surface area (Å²) < 4.78 is 5.74. The van der Waals surface area contributed by atoms with Crippen LogP contribution >= 0.6 is 0 Å². The molecule has 6 heteroatoms. The van der Waals surface area contributed by atoms with Crippen LogP contribution in [0, 0.1) is 0 Å². The van der Waals surface area contributed by atoms with Gasteiger partial charge in [-0.2, -0.15) is 0 Å². The number of hydrogen-bond donors (Lipinski definition) is 2. The van der Waals surface area contributed by atoms with Crippen molar-refractivity contribution in [3.05, 3.63) is 53.7 Å². The molecular formula is C15H16N4O2. The van der Waals surface area contributed by atoms with E-state index in [-0.39, 0.29) is 5.84 Å². The zero-order valence-electron chi connectivity index (χ0n) is 11.4. The van der Waals surface area contributed by atoms with Gasteiger partial charge in [-0.25, -0.2) is 4.98 Å². The Morgan fingerprint density at radius 2 is 2.14 bits per heavy atom. The highest BCUT2D eigenvalue weighted by Crippen LogP contribution is 2.25. The monoisotopic (exact) mass is 284 g/mol. The summed E-state index contributed by atoms with van der Waals surface area (Å²) in [4.78, 5) is 6.53. The molecule has 0 bridgehead atoms. The van der Waals surface area contributed by atoms with Gasteiger partial charge in [-0.15, -0.1) is 0 Å². The van der Waals surface area contributed by atoms with E-state index in [2.05, 4.69) is 21.1 Å². The molecule has 2 heterocycles. The number of fused-ring (bicyclic) bond motifs is 1. The molecule has 1 aliphatic heterocycles. The zero-order valence-corrected chi connectivity index (χ0v) is 11.4. The quantitative estimate of drug-likeness (QED) is 0.378. The molecule has 3 rings (SSSR count). The lowest BCUT2D eigenvalue weighted by Crippen LogP contribution is -2.26. The van der Waals surface area contributed by atoms with Gasteiger partial charge < -0.3 is 20.6 Å². The summed E-state index contributed by atoms with van der Waals surface area (Å²) in [5.74, 6) is 1.82. The van der Waals surface area contributed by atoms with Gasteiger partial charge in [0.2, 0.25) is 0 Å². The highest BCUT2D eigenvalue weighted by molar-refractivity contribution is 5.96. The number of para-hydroxylation sites is 1. The number of pyridine rings is 1. The number of nitrogens with zero attached hydrogens (tertiary/aromatic N) is 3. The number of oxime groups is 1. The Morgan fingerprint density at radius 1 is 1.29 bits per heavy atom. The largest absolute Gasteiger partial charge is 0.491 e. The zero-order chi connectivity index (χ0) is 14.7. The topological polar surface area (TPSA) is 84.0 Å². The molecule has 2 aromatic rings. The van der Waals surface area contributed by atoms with Crippen LogP contribution in [-0.4, -0.2) is 29.2 Å². The van der Waals surface area contributed by atoms with Gasteiger partial charge in [-0.1, -0.05) is 23.4 Å². The van der Waals surface area contributed by atoms with Gasteiger partial charge in [0, 0.05) is 23.9 Å². The van der Waals surface area contributed by atoms with E-state index in [1.54, 1.807) is 12.3 Å². The number of amidine groups is 1. The van der Waals surface area contributed by atoms with Crippen molar-refractivity contribution in [1.82, 2.24) is 4.98 Å². The second kappa shape index (κ2) is 5.70. The number of hydrogen-bond acceptors (Lipinski definition) is 5. The third-order valence-electron chi connectivity index (χ3n) is 3.43. The first-order valence-corrected chi connectivity index (χ1v) is 6.67. The molecule has 0 fully saturated rings. The predicted octanol–water partition coefficient (Wildman–Crippen LogP) is 1.58. The van der Waals surface area contributed by atoms with Crippen LogP contribution in [0.15, 0.2) is 47.8 Å². The number of anilines is 1. The van der Waals surface area contributed by atoms with E-state index in [4.69, 9.17) is 15.7 Å². The molecular weight excluding hydrogens is 268 g/mol. The Kier molecular flexibility index (Phi) is 3.59. The number of aromatic nitrogens is 1. The molecule has 0 atom stereocenters. The lowest BCUT2D eigenvalue weighted by atomic mass is 10.2. The molecule has 6 nitrogen and oxygen atoms in total. The maximum Gasteiger partial charge on any atom is 0.171 e. The lowest BCUT2D eigenvalue weighted by Gasteiger charge is -2.20. The second-order valence-corrected chi connectivity index (χ2v) is 4.77. The highest BCUT2D eigenvalue weighted by atomic mass is 16.5. The second-order valence-electron chi connectivity index (χ2n) is 4.77. The molecule has 3 N–H and O–H groups in total. The standard InChI is InChI=1S/C15H16N4O2/c16-15(18-20)11-5-6-14(17-9-11)19-7-8-21-13-4-2-1-3-12(13)10-19/h1-6,9,20H,7-8,10H2,(H2,16,18). The van der Waals surface area contributed by atoms with Crippen molar-refractivity contribution in [2.75, 3.05) is 18.1 Å². The SMILES string of the molecule is NC(=NO)c1ccc(N2CCOc3ccccc3C2)nc1. The molecule has 0 spiro atoms. The van der Waals surface area contributed by atoms with Crippen molar-refractivity contribution in [2.45, 2.75) is 6.54 Å². The minimum absolute atomic E-state index is 0.0543. The van der Waals surface area contributed by atoms with Crippen molar-refractivity contribution < 1.29 is 9.94 Å². The summed E-state index contributed by atoms with van der Waals surface area (Å²) in [6.07, 6.45) is 1.60. The maximum atomic E-state index is 8.66. The number of nitrogens with two attached hydrogens (primary N) is 1. The molecule has 1 aromatic carbocycles. The molecule has 0 saturated heterocycles. The summed E-state index contributed by atoms with van der Waals surface area (Å²) in [6, 6.07) is 11.7. The van der Waals surface area contributed by atoms with Gasteiger partial charge in [0.25, 0.3) is 0 Å². The Bertz CT molecular complexity index is 655. The average Bonchev–Trinajstić information content (AvgIpc) is 2.76. The van der Waals surface area contributed by atoms with Crippen LogP contribution < -0.4 is 15.4 Å². The fraction of sp³-hybridized carbons (Fsp3) is 0.200. The first kappa shape index (κ1) is 13.2. The molecule has 0 aliphatic carbocycles. The number of ether oxygens (including phenoxy) is 1. The van der Waals surface area contributed by atoms with Gasteiger partial charge >= 0.3 is 0 Å². The van der Waals surface area contributed by atoms with Gasteiger partial charge in [0.15, 0.2) is 5.84 Å². The Hall–Kier alpha value is -2.76. The molecule has 1 aliphatic rings. The Labute approximate surface area is 122 Å². The van der Waals surface area contributed by atoms with E-state index < -0.39 is 0 Å². The van der Waals surface area contributed by atoms with E-state index >= 15 is 0 Å². The van der Waals surface area contributed by atoms with Crippen LogP contribution in [0.4, 0.5) is 5.82 Å². The fourth-order valence-corrected chi connectivity index (χ4v) is 2.30. The van der Waals surface area contributed by atoms with Crippen molar-refractivity contribution in [1.29, 1.82) is 0 Å². The summed E-state index contributed by atoms with van der Waals surface area (Å²) in [7, 11) is 0. The summed E-state index contributed by atoms with van der Waals surface area (Å²) in [6.45, 7) is 2.11. The molecule has 21 heavy (non-hydrogen) atoms. The van der Waals surface area contributed by atoms with E-state index in [0.29, 0.717) is 12.2 Å². The van der Waals surface area contributed by atoms with Gasteiger partial charge in [0.1, 0.15) is 18.2 Å². The van der Waals surface area contributed by atoms with E-state index in [1.165, 1.54) is 0 Å². The maximum absolute atomic E-state index is 8.66. The van der Waals surface area contributed by atoms with E-state index in [1.807, 2.05) is 24.3 Å². The Morgan fingerprint density at radius 3 is 2.90 bits per heavy atom. The average molecular weight is 284 g/mol. The van der Waals surface area contributed by atoms with Gasteiger partial charge in [-0.05, 0) is 18.2 Å². The summed E-state index contributed by atoms with van der Waals surface area (Å²) in [5, 5.41) is 11.6. The third-order valence-corrected chi connectivity index (χ3v) is 3.43. The summed E-state index contributed by atoms with van der Waals surface area (Å²) >= 11 is 0. The number of rotatable bonds is 2. The van der Waals surface area contributed by atoms with Crippen LogP contribution in [0.25, 0.3) is 0 Å².